The lowest BCUT2D eigenvalue weighted by atomic mass is 10.1. The van der Waals surface area contributed by atoms with E-state index in [2.05, 4.69) is 46.0 Å². The predicted octanol–water partition coefficient (Wildman–Crippen LogP) is 3.83. The molecule has 0 unspecified atom stereocenters. The predicted molar refractivity (Wildman–Crippen MR) is 132 cm³/mol. The van der Waals surface area contributed by atoms with Crippen molar-refractivity contribution in [2.45, 2.75) is 37.0 Å². The highest BCUT2D eigenvalue weighted by atomic mass is 127. The molecule has 0 aliphatic rings. The SMILES string of the molecule is CN=C(NCCCCCc1ccccc1)NCCc1ccc(S(C)(=O)=O)cc1.I. The first-order chi connectivity index (χ1) is 13.5. The van der Waals surface area contributed by atoms with Gasteiger partial charge in [0.1, 0.15) is 0 Å². The summed E-state index contributed by atoms with van der Waals surface area (Å²) >= 11 is 0. The highest BCUT2D eigenvalue weighted by Gasteiger charge is 2.06. The number of unbranched alkanes of at least 4 members (excludes halogenated alkanes) is 2. The Bertz CT molecular complexity index is 838. The molecule has 7 heteroatoms. The molecule has 2 aromatic carbocycles. The first-order valence-electron chi connectivity index (χ1n) is 9.76. The number of hydrogen-bond donors (Lipinski definition) is 2. The van der Waals surface area contributed by atoms with Crippen molar-refractivity contribution in [1.29, 1.82) is 0 Å². The molecule has 2 rings (SSSR count). The number of nitrogens with zero attached hydrogens (tertiary/aromatic N) is 1. The largest absolute Gasteiger partial charge is 0.356 e. The van der Waals surface area contributed by atoms with E-state index in [1.807, 2.05) is 12.1 Å². The summed E-state index contributed by atoms with van der Waals surface area (Å²) in [5.74, 6) is 0.802. The van der Waals surface area contributed by atoms with E-state index in [4.69, 9.17) is 0 Å². The highest BCUT2D eigenvalue weighted by molar-refractivity contribution is 14.0. The second-order valence-corrected chi connectivity index (χ2v) is 8.90. The van der Waals surface area contributed by atoms with Gasteiger partial charge in [0.25, 0.3) is 0 Å². The Labute approximate surface area is 192 Å². The van der Waals surface area contributed by atoms with Crippen molar-refractivity contribution in [2.24, 2.45) is 4.99 Å². The van der Waals surface area contributed by atoms with E-state index in [1.165, 1.54) is 24.7 Å². The van der Waals surface area contributed by atoms with Gasteiger partial charge in [-0.1, -0.05) is 48.9 Å². The van der Waals surface area contributed by atoms with Crippen LogP contribution in [0.15, 0.2) is 64.5 Å². The zero-order valence-corrected chi connectivity index (χ0v) is 20.4. The van der Waals surface area contributed by atoms with Crippen LogP contribution in [0.5, 0.6) is 0 Å². The third-order valence-electron chi connectivity index (χ3n) is 4.56. The van der Waals surface area contributed by atoms with Gasteiger partial charge in [0.15, 0.2) is 15.8 Å². The van der Waals surface area contributed by atoms with Crippen LogP contribution in [0.4, 0.5) is 0 Å². The number of guanidine groups is 1. The summed E-state index contributed by atoms with van der Waals surface area (Å²) in [6.45, 7) is 1.64. The second-order valence-electron chi connectivity index (χ2n) is 6.89. The van der Waals surface area contributed by atoms with E-state index >= 15 is 0 Å². The molecular weight excluding hydrogens is 497 g/mol. The maximum atomic E-state index is 11.5. The average molecular weight is 529 g/mol. The van der Waals surface area contributed by atoms with Crippen molar-refractivity contribution >= 4 is 39.8 Å². The first kappa shape index (κ1) is 25.4. The van der Waals surface area contributed by atoms with Gasteiger partial charge in [-0.2, -0.15) is 0 Å². The molecule has 0 saturated heterocycles. The van der Waals surface area contributed by atoms with Crippen molar-refractivity contribution < 1.29 is 8.42 Å². The minimum atomic E-state index is -3.14. The number of benzene rings is 2. The summed E-state index contributed by atoms with van der Waals surface area (Å²) in [5, 5.41) is 6.64. The topological polar surface area (TPSA) is 70.6 Å². The lowest BCUT2D eigenvalue weighted by Crippen LogP contribution is -2.38. The second kappa shape index (κ2) is 13.6. The Kier molecular flexibility index (Phi) is 11.9. The molecular formula is C22H32IN3O2S. The fourth-order valence-electron chi connectivity index (χ4n) is 2.93. The zero-order valence-electron chi connectivity index (χ0n) is 17.2. The van der Waals surface area contributed by atoms with Gasteiger partial charge in [-0.3, -0.25) is 4.99 Å². The van der Waals surface area contributed by atoms with Crippen LogP contribution >= 0.6 is 24.0 Å². The molecule has 0 amide bonds. The first-order valence-corrected chi connectivity index (χ1v) is 11.7. The van der Waals surface area contributed by atoms with Gasteiger partial charge in [-0.15, -0.1) is 24.0 Å². The van der Waals surface area contributed by atoms with Crippen LogP contribution in [-0.2, 0) is 22.7 Å². The molecule has 160 valence electrons. The van der Waals surface area contributed by atoms with Crippen LogP contribution in [0, 0.1) is 0 Å². The summed E-state index contributed by atoms with van der Waals surface area (Å²) in [6, 6.07) is 17.6. The van der Waals surface area contributed by atoms with Crippen LogP contribution in [0.3, 0.4) is 0 Å². The molecule has 2 aromatic rings. The number of sulfone groups is 1. The standard InChI is InChI=1S/C22H31N3O2S.HI/c1-23-22(24-17-8-4-7-11-19-9-5-3-6-10-19)25-18-16-20-12-14-21(15-13-20)28(2,26)27;/h3,5-6,9-10,12-15H,4,7-8,11,16-18H2,1-2H3,(H2,23,24,25);1H. The van der Waals surface area contributed by atoms with Gasteiger partial charge in [0.05, 0.1) is 4.90 Å². The van der Waals surface area contributed by atoms with Gasteiger partial charge in [0.2, 0.25) is 0 Å². The van der Waals surface area contributed by atoms with E-state index in [0.29, 0.717) is 4.90 Å². The fraction of sp³-hybridized carbons (Fsp3) is 0.409. The molecule has 0 radical (unpaired) electrons. The van der Waals surface area contributed by atoms with Gasteiger partial charge in [-0.05, 0) is 48.9 Å². The zero-order chi connectivity index (χ0) is 20.2. The van der Waals surface area contributed by atoms with Gasteiger partial charge in [-0.25, -0.2) is 8.42 Å². The Morgan fingerprint density at radius 3 is 2.07 bits per heavy atom. The molecule has 0 aromatic heterocycles. The van der Waals surface area contributed by atoms with Crippen molar-refractivity contribution in [3.05, 3.63) is 65.7 Å². The smallest absolute Gasteiger partial charge is 0.190 e. The number of rotatable bonds is 10. The molecule has 29 heavy (non-hydrogen) atoms. The van der Waals surface area contributed by atoms with Gasteiger partial charge in [0, 0.05) is 26.4 Å². The lowest BCUT2D eigenvalue weighted by molar-refractivity contribution is 0.602. The maximum Gasteiger partial charge on any atom is 0.190 e. The van der Waals surface area contributed by atoms with Crippen LogP contribution in [0.1, 0.15) is 30.4 Å². The average Bonchev–Trinajstić information content (AvgIpc) is 2.69. The summed E-state index contributed by atoms with van der Waals surface area (Å²) in [7, 11) is -1.37. The minimum absolute atomic E-state index is 0. The number of halogens is 1. The van der Waals surface area contributed by atoms with Crippen molar-refractivity contribution in [2.75, 3.05) is 26.4 Å². The number of hydrogen-bond acceptors (Lipinski definition) is 3. The highest BCUT2D eigenvalue weighted by Crippen LogP contribution is 2.10. The molecule has 0 atom stereocenters. The van der Waals surface area contributed by atoms with E-state index in [0.717, 1.165) is 43.9 Å². The van der Waals surface area contributed by atoms with E-state index in [9.17, 15) is 8.42 Å². The maximum absolute atomic E-state index is 11.5. The van der Waals surface area contributed by atoms with E-state index in [-0.39, 0.29) is 24.0 Å². The third-order valence-corrected chi connectivity index (χ3v) is 5.69. The van der Waals surface area contributed by atoms with Crippen LogP contribution in [0.2, 0.25) is 0 Å². The fourth-order valence-corrected chi connectivity index (χ4v) is 3.56. The third kappa shape index (κ3) is 10.1. The normalized spacial score (nSPS) is 11.6. The summed E-state index contributed by atoms with van der Waals surface area (Å²) < 4.78 is 23.0. The van der Waals surface area contributed by atoms with E-state index < -0.39 is 9.84 Å². The molecule has 2 N–H and O–H groups in total. The van der Waals surface area contributed by atoms with Crippen LogP contribution in [-0.4, -0.2) is 40.8 Å². The van der Waals surface area contributed by atoms with Gasteiger partial charge >= 0.3 is 0 Å². The Hall–Kier alpha value is -1.61. The molecule has 0 spiro atoms. The molecule has 0 saturated carbocycles. The lowest BCUT2D eigenvalue weighted by Gasteiger charge is -2.12. The Balaban J connectivity index is 0.00000420. The molecule has 0 fully saturated rings. The van der Waals surface area contributed by atoms with Gasteiger partial charge < -0.3 is 10.6 Å². The Morgan fingerprint density at radius 1 is 0.828 bits per heavy atom. The quantitative estimate of drug-likeness (QED) is 0.213. The van der Waals surface area contributed by atoms with Crippen LogP contribution in [0.25, 0.3) is 0 Å². The molecule has 0 heterocycles. The number of aliphatic imine (C=N–C) groups is 1. The van der Waals surface area contributed by atoms with Crippen molar-refractivity contribution in [1.82, 2.24) is 10.6 Å². The molecule has 5 nitrogen and oxygen atoms in total. The molecule has 0 bridgehead atoms. The summed E-state index contributed by atoms with van der Waals surface area (Å²) in [6.07, 6.45) is 6.65. The minimum Gasteiger partial charge on any atom is -0.356 e. The summed E-state index contributed by atoms with van der Waals surface area (Å²) in [5.41, 5.74) is 2.49. The number of nitrogens with one attached hydrogen (secondary N) is 2. The summed E-state index contributed by atoms with van der Waals surface area (Å²) in [4.78, 5) is 4.60. The number of aryl methyl sites for hydroxylation is 1. The monoisotopic (exact) mass is 529 g/mol. The van der Waals surface area contributed by atoms with Crippen molar-refractivity contribution in [3.63, 3.8) is 0 Å². The molecule has 0 aliphatic carbocycles. The molecule has 0 aliphatic heterocycles. The van der Waals surface area contributed by atoms with Crippen molar-refractivity contribution in [3.8, 4) is 0 Å². The van der Waals surface area contributed by atoms with E-state index in [1.54, 1.807) is 19.2 Å². The Morgan fingerprint density at radius 2 is 1.45 bits per heavy atom. The van der Waals surface area contributed by atoms with Crippen LogP contribution < -0.4 is 10.6 Å².